The summed E-state index contributed by atoms with van der Waals surface area (Å²) in [4.78, 5) is 36.0. The quantitative estimate of drug-likeness (QED) is 0.588. The number of ether oxygens (including phenoxy) is 1. The molecule has 168 valence electrons. The standard InChI is InChI=1S/C23H20FN5O4/c1-11-2-3-12-7-25-22(30)17(12)16(11)14-6-15-18-20(19(14)24)26-10-27-21(18)29-5-4-28(23(31)32)8-13(29)9-33-15/h2-3,6,10,13H,4-5,7-9H2,1H3,(H,25,30)(H,31,32)/t13-/m0/s1. The van der Waals surface area contributed by atoms with Crippen LogP contribution in [0.25, 0.3) is 22.0 Å². The van der Waals surface area contributed by atoms with E-state index in [4.69, 9.17) is 4.74 Å². The van der Waals surface area contributed by atoms with Crippen molar-refractivity contribution in [3.63, 3.8) is 0 Å². The molecule has 3 aliphatic heterocycles. The van der Waals surface area contributed by atoms with Crippen LogP contribution in [0, 0.1) is 12.7 Å². The lowest BCUT2D eigenvalue weighted by Crippen LogP contribution is -2.56. The highest BCUT2D eigenvalue weighted by Crippen LogP contribution is 2.43. The number of benzene rings is 2. The third-order valence-corrected chi connectivity index (χ3v) is 6.69. The van der Waals surface area contributed by atoms with E-state index in [0.29, 0.717) is 47.7 Å². The summed E-state index contributed by atoms with van der Waals surface area (Å²) in [6.07, 6.45) is 0.333. The van der Waals surface area contributed by atoms with Gasteiger partial charge in [-0.25, -0.2) is 19.2 Å². The van der Waals surface area contributed by atoms with E-state index in [2.05, 4.69) is 15.3 Å². The number of rotatable bonds is 1. The van der Waals surface area contributed by atoms with Crippen LogP contribution in [0.3, 0.4) is 0 Å². The van der Waals surface area contributed by atoms with Crippen LogP contribution in [0.2, 0.25) is 0 Å². The number of aromatic nitrogens is 2. The Labute approximate surface area is 187 Å². The lowest BCUT2D eigenvalue weighted by Gasteiger charge is -2.39. The van der Waals surface area contributed by atoms with Crippen LogP contribution in [-0.4, -0.2) is 64.3 Å². The van der Waals surface area contributed by atoms with Gasteiger partial charge in [0.2, 0.25) is 0 Å². The molecule has 4 heterocycles. The molecule has 0 radical (unpaired) electrons. The van der Waals surface area contributed by atoms with E-state index in [1.165, 1.54) is 11.2 Å². The van der Waals surface area contributed by atoms with Gasteiger partial charge in [0.15, 0.2) is 5.82 Å². The maximum atomic E-state index is 16.0. The van der Waals surface area contributed by atoms with E-state index >= 15 is 4.39 Å². The number of carbonyl (C=O) groups excluding carboxylic acids is 1. The van der Waals surface area contributed by atoms with Crippen molar-refractivity contribution in [2.45, 2.75) is 19.5 Å². The Bertz CT molecular complexity index is 1360. The molecule has 9 nitrogen and oxygen atoms in total. The summed E-state index contributed by atoms with van der Waals surface area (Å²) in [5.41, 5.74) is 2.96. The Kier molecular flexibility index (Phi) is 4.20. The van der Waals surface area contributed by atoms with Crippen LogP contribution in [0.1, 0.15) is 21.5 Å². The van der Waals surface area contributed by atoms with Crippen molar-refractivity contribution in [3.05, 3.63) is 47.0 Å². The first-order valence-corrected chi connectivity index (χ1v) is 10.7. The molecule has 0 saturated carbocycles. The number of halogens is 1. The first-order chi connectivity index (χ1) is 15.9. The number of carbonyl (C=O) groups is 2. The number of carboxylic acid groups (broad SMARTS) is 1. The summed E-state index contributed by atoms with van der Waals surface area (Å²) in [5.74, 6) is 0.175. The van der Waals surface area contributed by atoms with E-state index in [1.807, 2.05) is 24.0 Å². The minimum atomic E-state index is -0.982. The van der Waals surface area contributed by atoms with Gasteiger partial charge >= 0.3 is 6.09 Å². The molecular formula is C23H20FN5O4. The average Bonchev–Trinajstić information content (AvgIpc) is 3.11. The molecule has 10 heteroatoms. The van der Waals surface area contributed by atoms with Gasteiger partial charge in [-0.3, -0.25) is 4.79 Å². The van der Waals surface area contributed by atoms with Crippen LogP contribution in [0.15, 0.2) is 24.5 Å². The second-order valence-corrected chi connectivity index (χ2v) is 8.52. The summed E-state index contributed by atoms with van der Waals surface area (Å²) < 4.78 is 22.1. The maximum Gasteiger partial charge on any atom is 0.407 e. The normalized spacial score (nSPS) is 19.0. The Morgan fingerprint density at radius 1 is 1.27 bits per heavy atom. The molecule has 0 aliphatic carbocycles. The third-order valence-electron chi connectivity index (χ3n) is 6.69. The maximum absolute atomic E-state index is 16.0. The molecule has 2 N–H and O–H groups in total. The van der Waals surface area contributed by atoms with Crippen molar-refractivity contribution >= 4 is 28.7 Å². The van der Waals surface area contributed by atoms with Crippen molar-refractivity contribution in [1.82, 2.24) is 20.2 Å². The highest BCUT2D eigenvalue weighted by atomic mass is 19.1. The van der Waals surface area contributed by atoms with Crippen molar-refractivity contribution in [2.75, 3.05) is 31.1 Å². The number of nitrogens with one attached hydrogen (secondary N) is 1. The van der Waals surface area contributed by atoms with Gasteiger partial charge in [-0.05, 0) is 24.1 Å². The number of amides is 2. The highest BCUT2D eigenvalue weighted by molar-refractivity contribution is 6.07. The second-order valence-electron chi connectivity index (χ2n) is 8.52. The molecule has 1 atom stereocenters. The van der Waals surface area contributed by atoms with Crippen LogP contribution in [0.5, 0.6) is 5.75 Å². The summed E-state index contributed by atoms with van der Waals surface area (Å²) in [6.45, 7) is 3.46. The van der Waals surface area contributed by atoms with Gasteiger partial charge in [0, 0.05) is 37.3 Å². The van der Waals surface area contributed by atoms with Gasteiger partial charge < -0.3 is 25.0 Å². The average molecular weight is 449 g/mol. The topological polar surface area (TPSA) is 108 Å². The molecule has 1 saturated heterocycles. The molecule has 33 heavy (non-hydrogen) atoms. The highest BCUT2D eigenvalue weighted by Gasteiger charge is 2.36. The monoisotopic (exact) mass is 449 g/mol. The largest absolute Gasteiger partial charge is 0.490 e. The van der Waals surface area contributed by atoms with Crippen molar-refractivity contribution in [1.29, 1.82) is 0 Å². The third kappa shape index (κ3) is 2.83. The van der Waals surface area contributed by atoms with E-state index < -0.39 is 11.9 Å². The van der Waals surface area contributed by atoms with Gasteiger partial charge in [-0.2, -0.15) is 0 Å². The molecule has 1 fully saturated rings. The minimum absolute atomic E-state index is 0.115. The molecule has 0 unspecified atom stereocenters. The zero-order valence-electron chi connectivity index (χ0n) is 17.8. The van der Waals surface area contributed by atoms with E-state index in [0.717, 1.165) is 11.1 Å². The Balaban J connectivity index is 1.55. The number of piperazine rings is 1. The van der Waals surface area contributed by atoms with Gasteiger partial charge in [-0.15, -0.1) is 0 Å². The number of hydrogen-bond acceptors (Lipinski definition) is 6. The summed E-state index contributed by atoms with van der Waals surface area (Å²) >= 11 is 0. The van der Waals surface area contributed by atoms with Crippen molar-refractivity contribution in [3.8, 4) is 16.9 Å². The molecule has 0 spiro atoms. The van der Waals surface area contributed by atoms with Crippen LogP contribution in [0.4, 0.5) is 15.0 Å². The number of anilines is 1. The van der Waals surface area contributed by atoms with Gasteiger partial charge in [0.1, 0.15) is 30.0 Å². The van der Waals surface area contributed by atoms with Crippen LogP contribution in [-0.2, 0) is 6.54 Å². The zero-order chi connectivity index (χ0) is 22.9. The fourth-order valence-electron chi connectivity index (χ4n) is 5.08. The fourth-order valence-corrected chi connectivity index (χ4v) is 5.08. The van der Waals surface area contributed by atoms with E-state index in [1.54, 1.807) is 6.07 Å². The smallest absolute Gasteiger partial charge is 0.407 e. The molecule has 6 rings (SSSR count). The number of hydrogen-bond donors (Lipinski definition) is 2. The Morgan fingerprint density at radius 3 is 2.94 bits per heavy atom. The number of nitrogens with zero attached hydrogens (tertiary/aromatic N) is 4. The zero-order valence-corrected chi connectivity index (χ0v) is 17.8. The minimum Gasteiger partial charge on any atom is -0.490 e. The molecule has 3 aliphatic rings. The van der Waals surface area contributed by atoms with Gasteiger partial charge in [-0.1, -0.05) is 12.1 Å². The predicted molar refractivity (Wildman–Crippen MR) is 117 cm³/mol. The summed E-state index contributed by atoms with van der Waals surface area (Å²) in [6, 6.07) is 5.11. The predicted octanol–water partition coefficient (Wildman–Crippen LogP) is 2.55. The summed E-state index contributed by atoms with van der Waals surface area (Å²) in [7, 11) is 0. The lowest BCUT2D eigenvalue weighted by atomic mass is 9.91. The molecule has 3 aromatic rings. The first kappa shape index (κ1) is 19.7. The fraction of sp³-hybridized carbons (Fsp3) is 0.304. The first-order valence-electron chi connectivity index (χ1n) is 10.7. The molecule has 2 aromatic carbocycles. The van der Waals surface area contributed by atoms with Crippen molar-refractivity contribution in [2.24, 2.45) is 0 Å². The number of fused-ring (bicyclic) bond motifs is 3. The van der Waals surface area contributed by atoms with E-state index in [-0.39, 0.29) is 36.2 Å². The lowest BCUT2D eigenvalue weighted by molar-refractivity contribution is 0.0966. The molecule has 1 aromatic heterocycles. The van der Waals surface area contributed by atoms with Gasteiger partial charge in [0.25, 0.3) is 5.91 Å². The molecule has 0 bridgehead atoms. The van der Waals surface area contributed by atoms with Gasteiger partial charge in [0.05, 0.1) is 17.0 Å². The van der Waals surface area contributed by atoms with Crippen LogP contribution >= 0.6 is 0 Å². The van der Waals surface area contributed by atoms with Crippen LogP contribution < -0.4 is 15.0 Å². The Morgan fingerprint density at radius 2 is 2.12 bits per heavy atom. The summed E-state index contributed by atoms with van der Waals surface area (Å²) in [5, 5.41) is 12.7. The SMILES string of the molecule is Cc1ccc2c(c1-c1cc3c4c(ncnc4c1F)N1CCN(C(=O)O)C[C@H]1CO3)C(=O)NC2. The van der Waals surface area contributed by atoms with E-state index in [9.17, 15) is 14.7 Å². The second kappa shape index (κ2) is 7.03. The Hall–Kier alpha value is -3.95. The molecular weight excluding hydrogens is 429 g/mol. The molecule has 2 amide bonds. The number of aryl methyl sites for hydroxylation is 1. The van der Waals surface area contributed by atoms with Crippen molar-refractivity contribution < 1.29 is 23.8 Å².